The van der Waals surface area contributed by atoms with E-state index >= 15 is 0 Å². The van der Waals surface area contributed by atoms with Gasteiger partial charge in [0.1, 0.15) is 18.5 Å². The van der Waals surface area contributed by atoms with Gasteiger partial charge in [0.15, 0.2) is 15.9 Å². The van der Waals surface area contributed by atoms with Gasteiger partial charge in [-0.3, -0.25) is 13.9 Å². The number of nitrogens with zero attached hydrogens (tertiary/aromatic N) is 4. The van der Waals surface area contributed by atoms with Gasteiger partial charge in [-0.2, -0.15) is 0 Å². The molecule has 29 heavy (non-hydrogen) atoms. The van der Waals surface area contributed by atoms with Crippen molar-refractivity contribution in [3.05, 3.63) is 68.0 Å². The van der Waals surface area contributed by atoms with Crippen LogP contribution in [-0.2, 0) is 20.6 Å². The van der Waals surface area contributed by atoms with Gasteiger partial charge < -0.3 is 14.4 Å². The number of ether oxygens (including phenoxy) is 1. The average Bonchev–Trinajstić information content (AvgIpc) is 3.05. The molecule has 4 aromatic rings. The van der Waals surface area contributed by atoms with Crippen LogP contribution in [0.25, 0.3) is 21.9 Å². The monoisotopic (exact) mass is 458 g/mol. The number of hydrogen-bond donors (Lipinski definition) is 1. The summed E-state index contributed by atoms with van der Waals surface area (Å²) in [5.74, 6) is 0.649. The number of rotatable bonds is 5. The van der Waals surface area contributed by atoms with Gasteiger partial charge in [0.2, 0.25) is 0 Å². The number of hydrogen-bond acceptors (Lipinski definition) is 5. The molecule has 0 aliphatic rings. The van der Waals surface area contributed by atoms with Gasteiger partial charge in [-0.25, -0.2) is 9.78 Å². The third-order valence-corrected chi connectivity index (χ3v) is 5.46. The fourth-order valence-electron chi connectivity index (χ4n) is 3.30. The summed E-state index contributed by atoms with van der Waals surface area (Å²) in [6, 6.07) is 13.7. The summed E-state index contributed by atoms with van der Waals surface area (Å²) >= 11 is 3.32. The van der Waals surface area contributed by atoms with Crippen molar-refractivity contribution in [1.82, 2.24) is 18.7 Å². The quantitative estimate of drug-likeness (QED) is 0.460. The maximum Gasteiger partial charge on any atom is 0.332 e. The summed E-state index contributed by atoms with van der Waals surface area (Å²) < 4.78 is 9.96. The number of aryl methyl sites for hydroxylation is 1. The van der Waals surface area contributed by atoms with Gasteiger partial charge in [-0.05, 0) is 38.8 Å². The van der Waals surface area contributed by atoms with Crippen molar-refractivity contribution in [2.45, 2.75) is 12.6 Å². The lowest BCUT2D eigenvalue weighted by Gasteiger charge is -2.15. The fourth-order valence-corrected chi connectivity index (χ4v) is 3.79. The highest BCUT2D eigenvalue weighted by Gasteiger charge is 2.20. The van der Waals surface area contributed by atoms with Crippen LogP contribution >= 0.6 is 15.9 Å². The van der Waals surface area contributed by atoms with Crippen molar-refractivity contribution in [2.75, 3.05) is 6.61 Å². The molecule has 2 aromatic carbocycles. The minimum atomic E-state index is -0.892. The second kappa shape index (κ2) is 7.49. The number of benzene rings is 2. The van der Waals surface area contributed by atoms with Crippen LogP contribution in [0.2, 0.25) is 0 Å². The molecule has 150 valence electrons. The highest BCUT2D eigenvalue weighted by atomic mass is 79.9. The molecule has 0 aliphatic heterocycles. The van der Waals surface area contributed by atoms with Crippen LogP contribution in [-0.4, -0.2) is 36.5 Å². The normalized spacial score (nSPS) is 12.6. The fraction of sp³-hybridized carbons (Fsp3) is 0.250. The number of aliphatic hydroxyl groups excluding tert-OH is 1. The first-order valence-electron chi connectivity index (χ1n) is 8.98. The molecule has 0 saturated carbocycles. The standard InChI is InChI=1S/C20H19BrN4O4/c1-23-17-16(18(27)24(2)20(23)28)25(19(21)22-17)10-14(26)11-29-15-8-7-12-5-3-4-6-13(12)9-15/h3-9,14,26H,10-11H2,1-2H3. The molecule has 2 heterocycles. The summed E-state index contributed by atoms with van der Waals surface area (Å²) in [7, 11) is 2.96. The summed E-state index contributed by atoms with van der Waals surface area (Å²) in [6.45, 7) is 0.120. The first-order chi connectivity index (χ1) is 13.9. The molecule has 0 fully saturated rings. The number of fused-ring (bicyclic) bond motifs is 2. The highest BCUT2D eigenvalue weighted by Crippen LogP contribution is 2.21. The smallest absolute Gasteiger partial charge is 0.332 e. The molecule has 0 spiro atoms. The second-order valence-electron chi connectivity index (χ2n) is 6.84. The predicted molar refractivity (Wildman–Crippen MR) is 113 cm³/mol. The van der Waals surface area contributed by atoms with E-state index in [0.29, 0.717) is 10.5 Å². The lowest BCUT2D eigenvalue weighted by molar-refractivity contribution is 0.0929. The zero-order valence-corrected chi connectivity index (χ0v) is 17.5. The van der Waals surface area contributed by atoms with Gasteiger partial charge in [0.25, 0.3) is 5.56 Å². The average molecular weight is 459 g/mol. The maximum atomic E-state index is 12.6. The molecule has 0 bridgehead atoms. The van der Waals surface area contributed by atoms with Crippen LogP contribution in [0.1, 0.15) is 0 Å². The van der Waals surface area contributed by atoms with E-state index in [4.69, 9.17) is 4.74 Å². The maximum absolute atomic E-state index is 12.6. The molecule has 0 amide bonds. The predicted octanol–water partition coefficient (Wildman–Crippen LogP) is 1.79. The minimum absolute atomic E-state index is 0.0382. The molecule has 0 aliphatic carbocycles. The third kappa shape index (κ3) is 3.47. The van der Waals surface area contributed by atoms with E-state index in [2.05, 4.69) is 20.9 Å². The molecule has 1 atom stereocenters. The Bertz CT molecular complexity index is 1340. The van der Waals surface area contributed by atoms with E-state index in [0.717, 1.165) is 15.3 Å². The van der Waals surface area contributed by atoms with Crippen molar-refractivity contribution in [3.63, 3.8) is 0 Å². The Morgan fingerprint density at radius 3 is 2.59 bits per heavy atom. The molecule has 2 aromatic heterocycles. The Morgan fingerprint density at radius 2 is 1.83 bits per heavy atom. The van der Waals surface area contributed by atoms with Crippen LogP contribution in [0, 0.1) is 0 Å². The SMILES string of the molecule is Cn1c(=O)c2c(nc(Br)n2CC(O)COc2ccc3ccccc3c2)n(C)c1=O. The minimum Gasteiger partial charge on any atom is -0.491 e. The summed E-state index contributed by atoms with van der Waals surface area (Å²) in [5.41, 5.74) is -0.428. The van der Waals surface area contributed by atoms with E-state index in [-0.39, 0.29) is 24.3 Å². The zero-order valence-electron chi connectivity index (χ0n) is 15.9. The van der Waals surface area contributed by atoms with Gasteiger partial charge in [-0.1, -0.05) is 30.3 Å². The molecule has 9 heteroatoms. The Kier molecular flexibility index (Phi) is 5.01. The van der Waals surface area contributed by atoms with Crippen molar-refractivity contribution < 1.29 is 9.84 Å². The number of aliphatic hydroxyl groups is 1. The van der Waals surface area contributed by atoms with Gasteiger partial charge in [-0.15, -0.1) is 0 Å². The lowest BCUT2D eigenvalue weighted by atomic mass is 10.1. The molecule has 1 unspecified atom stereocenters. The van der Waals surface area contributed by atoms with Crippen molar-refractivity contribution >= 4 is 37.9 Å². The van der Waals surface area contributed by atoms with Gasteiger partial charge >= 0.3 is 5.69 Å². The summed E-state index contributed by atoms with van der Waals surface area (Å²) in [4.78, 5) is 28.9. The molecule has 0 radical (unpaired) electrons. The zero-order chi connectivity index (χ0) is 20.7. The molecule has 8 nitrogen and oxygen atoms in total. The van der Waals surface area contributed by atoms with E-state index in [1.165, 1.54) is 11.6 Å². The summed E-state index contributed by atoms with van der Waals surface area (Å²) in [5, 5.41) is 12.6. The van der Waals surface area contributed by atoms with Crippen molar-refractivity contribution in [3.8, 4) is 5.75 Å². The van der Waals surface area contributed by atoms with Crippen LogP contribution in [0.4, 0.5) is 0 Å². The molecule has 0 saturated heterocycles. The topological polar surface area (TPSA) is 91.3 Å². The number of aromatic nitrogens is 4. The molecular formula is C20H19BrN4O4. The summed E-state index contributed by atoms with van der Waals surface area (Å²) in [6.07, 6.45) is -0.892. The van der Waals surface area contributed by atoms with Crippen LogP contribution in [0.15, 0.2) is 56.8 Å². The van der Waals surface area contributed by atoms with Crippen LogP contribution < -0.4 is 16.0 Å². The molecule has 4 rings (SSSR count). The van der Waals surface area contributed by atoms with Crippen LogP contribution in [0.5, 0.6) is 5.75 Å². The second-order valence-corrected chi connectivity index (χ2v) is 7.55. The van der Waals surface area contributed by atoms with Gasteiger partial charge in [0.05, 0.1) is 6.54 Å². The number of halogens is 1. The lowest BCUT2D eigenvalue weighted by Crippen LogP contribution is -2.38. The van der Waals surface area contributed by atoms with Crippen molar-refractivity contribution in [2.24, 2.45) is 14.1 Å². The Hall–Kier alpha value is -2.91. The number of imidazole rings is 1. The Balaban J connectivity index is 1.57. The van der Waals surface area contributed by atoms with E-state index in [1.54, 1.807) is 11.6 Å². The first kappa shape index (κ1) is 19.4. The molecule has 1 N–H and O–H groups in total. The van der Waals surface area contributed by atoms with Crippen molar-refractivity contribution in [1.29, 1.82) is 0 Å². The largest absolute Gasteiger partial charge is 0.491 e. The van der Waals surface area contributed by atoms with E-state index < -0.39 is 17.4 Å². The Labute approximate surface area is 173 Å². The van der Waals surface area contributed by atoms with E-state index in [1.807, 2.05) is 42.5 Å². The third-order valence-electron chi connectivity index (χ3n) is 4.86. The first-order valence-corrected chi connectivity index (χ1v) is 9.77. The van der Waals surface area contributed by atoms with Gasteiger partial charge in [0, 0.05) is 14.1 Å². The van der Waals surface area contributed by atoms with Crippen LogP contribution in [0.3, 0.4) is 0 Å². The highest BCUT2D eigenvalue weighted by molar-refractivity contribution is 9.10. The van der Waals surface area contributed by atoms with E-state index in [9.17, 15) is 14.7 Å². The Morgan fingerprint density at radius 1 is 1.10 bits per heavy atom. The molecular weight excluding hydrogens is 440 g/mol.